The molecule has 0 saturated heterocycles. The summed E-state index contributed by atoms with van der Waals surface area (Å²) in [5, 5.41) is 3.16. The van der Waals surface area contributed by atoms with Gasteiger partial charge in [-0.1, -0.05) is 121 Å². The van der Waals surface area contributed by atoms with Crippen LogP contribution >= 0.6 is 0 Å². The molecule has 0 amide bonds. The molecule has 0 aliphatic carbocycles. The first-order chi connectivity index (χ1) is 28.3. The number of nitrogens with zero attached hydrogens (tertiary/aromatic N) is 3. The maximum atomic E-state index is 6.37. The lowest BCUT2D eigenvalue weighted by molar-refractivity contribution is 0.668. The number of hydrogen-bond acceptors (Lipinski definition) is 5. The zero-order chi connectivity index (χ0) is 37.7. The second-order valence-corrected chi connectivity index (χ2v) is 14.2. The van der Waals surface area contributed by atoms with Gasteiger partial charge in [-0.25, -0.2) is 0 Å². The van der Waals surface area contributed by atoms with Crippen molar-refractivity contribution in [2.75, 3.05) is 4.90 Å². The molecule has 268 valence electrons. The summed E-state index contributed by atoms with van der Waals surface area (Å²) in [5.41, 5.74) is 15.7. The second kappa shape index (κ2) is 13.5. The van der Waals surface area contributed by atoms with Crippen molar-refractivity contribution in [2.24, 2.45) is 0 Å². The summed E-state index contributed by atoms with van der Waals surface area (Å²) in [5.74, 6) is 0. The normalized spacial score (nSPS) is 11.5. The average Bonchev–Trinajstić information content (AvgIpc) is 3.87. The minimum absolute atomic E-state index is 0.788. The molecule has 0 bridgehead atoms. The highest BCUT2D eigenvalue weighted by molar-refractivity contribution is 6.09. The Balaban J connectivity index is 1.05. The van der Waals surface area contributed by atoms with Crippen LogP contribution in [0.15, 0.2) is 209 Å². The number of fused-ring (bicyclic) bond motifs is 6. The molecule has 4 heterocycles. The van der Waals surface area contributed by atoms with Gasteiger partial charge in [0, 0.05) is 56.7 Å². The summed E-state index contributed by atoms with van der Waals surface area (Å²) in [6.45, 7) is 0. The lowest BCUT2D eigenvalue weighted by atomic mass is 9.93. The number of pyridine rings is 2. The van der Waals surface area contributed by atoms with Crippen molar-refractivity contribution in [3.63, 3.8) is 0 Å². The largest absolute Gasteiger partial charge is 0.454 e. The van der Waals surface area contributed by atoms with Crippen LogP contribution in [0, 0.1) is 0 Å². The van der Waals surface area contributed by atoms with E-state index in [1.54, 1.807) is 0 Å². The molecule has 4 aromatic heterocycles. The monoisotopic (exact) mass is 731 g/mol. The molecule has 0 N–H and O–H groups in total. The predicted octanol–water partition coefficient (Wildman–Crippen LogP) is 14.4. The van der Waals surface area contributed by atoms with Crippen molar-refractivity contribution in [3.05, 3.63) is 200 Å². The third-order valence-corrected chi connectivity index (χ3v) is 10.8. The van der Waals surface area contributed by atoms with Crippen molar-refractivity contribution < 1.29 is 8.83 Å². The van der Waals surface area contributed by atoms with Gasteiger partial charge in [0.05, 0.1) is 0 Å². The van der Waals surface area contributed by atoms with Crippen LogP contribution in [0.1, 0.15) is 0 Å². The van der Waals surface area contributed by atoms with E-state index >= 15 is 0 Å². The van der Waals surface area contributed by atoms with E-state index in [-0.39, 0.29) is 0 Å². The van der Waals surface area contributed by atoms with Gasteiger partial charge in [0.2, 0.25) is 0 Å². The van der Waals surface area contributed by atoms with E-state index in [4.69, 9.17) is 13.8 Å². The molecule has 0 atom stereocenters. The van der Waals surface area contributed by atoms with E-state index in [0.29, 0.717) is 0 Å². The standard InChI is InChI=1S/C52H33N3O2/c1-3-11-34(12-4-1)41-28-27-40(33-46(41)35-13-5-2-6-14-35)55(38-23-19-36(20-24-38)42-29-31-54-50-45-16-8-10-18-48(45)57-51(42)50)39-25-21-37(22-26-39)49-52-44(30-32-53-49)43-15-7-9-17-47(43)56-52/h1-33H. The molecule has 11 aromatic rings. The van der Waals surface area contributed by atoms with E-state index in [9.17, 15) is 0 Å². The first kappa shape index (κ1) is 32.7. The summed E-state index contributed by atoms with van der Waals surface area (Å²) in [6.07, 6.45) is 3.73. The molecule has 0 spiro atoms. The third-order valence-electron chi connectivity index (χ3n) is 10.8. The summed E-state index contributed by atoms with van der Waals surface area (Å²) < 4.78 is 12.7. The average molecular weight is 732 g/mol. The number of benzene rings is 7. The molecule has 0 radical (unpaired) electrons. The topological polar surface area (TPSA) is 55.3 Å². The molecule has 0 fully saturated rings. The number of furan rings is 2. The molecule has 0 aliphatic rings. The third kappa shape index (κ3) is 5.64. The molecule has 7 aromatic carbocycles. The summed E-state index contributed by atoms with van der Waals surface area (Å²) in [6, 6.07) is 65.5. The predicted molar refractivity (Wildman–Crippen MR) is 233 cm³/mol. The van der Waals surface area contributed by atoms with Crippen LogP contribution in [0.3, 0.4) is 0 Å². The Labute approximate surface area is 328 Å². The van der Waals surface area contributed by atoms with Gasteiger partial charge in [-0.05, 0) is 94.5 Å². The fourth-order valence-electron chi connectivity index (χ4n) is 8.09. The highest BCUT2D eigenvalue weighted by atomic mass is 16.3. The molecular weight excluding hydrogens is 699 g/mol. The van der Waals surface area contributed by atoms with Gasteiger partial charge in [0.1, 0.15) is 22.4 Å². The van der Waals surface area contributed by atoms with Crippen LogP contribution in [-0.2, 0) is 0 Å². The van der Waals surface area contributed by atoms with Crippen LogP contribution in [0.25, 0.3) is 88.6 Å². The highest BCUT2D eigenvalue weighted by Crippen LogP contribution is 2.43. The second-order valence-electron chi connectivity index (χ2n) is 14.2. The number of anilines is 3. The Morgan fingerprint density at radius 3 is 1.61 bits per heavy atom. The van der Waals surface area contributed by atoms with Crippen molar-refractivity contribution in [2.45, 2.75) is 0 Å². The lowest BCUT2D eigenvalue weighted by Gasteiger charge is -2.27. The Kier molecular flexibility index (Phi) is 7.74. The zero-order valence-corrected chi connectivity index (χ0v) is 30.7. The van der Waals surface area contributed by atoms with E-state index in [0.717, 1.165) is 94.6 Å². The molecule has 11 rings (SSSR count). The summed E-state index contributed by atoms with van der Waals surface area (Å²) in [4.78, 5) is 11.8. The Bertz CT molecular complexity index is 3070. The Morgan fingerprint density at radius 1 is 0.351 bits per heavy atom. The van der Waals surface area contributed by atoms with Gasteiger partial charge in [0.15, 0.2) is 11.2 Å². The van der Waals surface area contributed by atoms with Gasteiger partial charge >= 0.3 is 0 Å². The van der Waals surface area contributed by atoms with Crippen LogP contribution in [-0.4, -0.2) is 9.97 Å². The molecule has 5 nitrogen and oxygen atoms in total. The van der Waals surface area contributed by atoms with Crippen LogP contribution in [0.2, 0.25) is 0 Å². The van der Waals surface area contributed by atoms with Crippen LogP contribution in [0.4, 0.5) is 17.1 Å². The van der Waals surface area contributed by atoms with Gasteiger partial charge in [0.25, 0.3) is 0 Å². The molecular formula is C52H33N3O2. The number of para-hydroxylation sites is 2. The van der Waals surface area contributed by atoms with Crippen LogP contribution < -0.4 is 4.90 Å². The van der Waals surface area contributed by atoms with E-state index < -0.39 is 0 Å². The SMILES string of the molecule is c1ccc(-c2ccc(N(c3ccc(-c4nccc5c4oc4ccccc45)cc3)c3ccc(-c4ccnc5c4oc4ccccc45)cc3)cc2-c2ccccc2)cc1. The number of rotatable bonds is 7. The molecule has 0 aliphatic heterocycles. The van der Waals surface area contributed by atoms with E-state index in [1.165, 1.54) is 11.1 Å². The first-order valence-corrected chi connectivity index (χ1v) is 19.1. The number of hydrogen-bond donors (Lipinski definition) is 0. The molecule has 57 heavy (non-hydrogen) atoms. The summed E-state index contributed by atoms with van der Waals surface area (Å²) in [7, 11) is 0. The maximum Gasteiger partial charge on any atom is 0.161 e. The first-order valence-electron chi connectivity index (χ1n) is 19.1. The fourth-order valence-corrected chi connectivity index (χ4v) is 8.09. The zero-order valence-electron chi connectivity index (χ0n) is 30.7. The highest BCUT2D eigenvalue weighted by Gasteiger charge is 2.19. The Hall–Kier alpha value is -7.76. The molecule has 0 unspecified atom stereocenters. The lowest BCUT2D eigenvalue weighted by Crippen LogP contribution is -2.10. The van der Waals surface area contributed by atoms with Gasteiger partial charge < -0.3 is 13.7 Å². The van der Waals surface area contributed by atoms with E-state index in [2.05, 4.69) is 149 Å². The Morgan fingerprint density at radius 2 is 0.895 bits per heavy atom. The van der Waals surface area contributed by atoms with Crippen molar-refractivity contribution >= 4 is 61.1 Å². The summed E-state index contributed by atoms with van der Waals surface area (Å²) >= 11 is 0. The fraction of sp³-hybridized carbons (Fsp3) is 0. The van der Waals surface area contributed by atoms with Crippen molar-refractivity contribution in [3.8, 4) is 44.6 Å². The smallest absolute Gasteiger partial charge is 0.161 e. The minimum Gasteiger partial charge on any atom is -0.454 e. The maximum absolute atomic E-state index is 6.37. The molecule has 0 saturated carbocycles. The van der Waals surface area contributed by atoms with Gasteiger partial charge in [-0.3, -0.25) is 9.97 Å². The number of aromatic nitrogens is 2. The van der Waals surface area contributed by atoms with Crippen molar-refractivity contribution in [1.29, 1.82) is 0 Å². The van der Waals surface area contributed by atoms with Gasteiger partial charge in [-0.15, -0.1) is 0 Å². The molecule has 5 heteroatoms. The van der Waals surface area contributed by atoms with E-state index in [1.807, 2.05) is 60.9 Å². The van der Waals surface area contributed by atoms with Crippen molar-refractivity contribution in [1.82, 2.24) is 9.97 Å². The van der Waals surface area contributed by atoms with Gasteiger partial charge in [-0.2, -0.15) is 0 Å². The van der Waals surface area contributed by atoms with Crippen LogP contribution in [0.5, 0.6) is 0 Å². The quantitative estimate of drug-likeness (QED) is 0.163. The minimum atomic E-state index is 0.788.